The van der Waals surface area contributed by atoms with Crippen molar-refractivity contribution in [3.63, 3.8) is 0 Å². The molecule has 3 rings (SSSR count). The maximum atomic E-state index is 6.26. The number of hydrogen-bond acceptors (Lipinski definition) is 5. The summed E-state index contributed by atoms with van der Waals surface area (Å²) in [5, 5.41) is 3.20. The molecule has 2 aromatic rings. The second-order valence-electron chi connectivity index (χ2n) is 4.84. The van der Waals surface area contributed by atoms with E-state index in [4.69, 9.17) is 15.5 Å². The summed E-state index contributed by atoms with van der Waals surface area (Å²) in [5.74, 6) is 2.08. The van der Waals surface area contributed by atoms with Crippen LogP contribution in [0.3, 0.4) is 0 Å². The summed E-state index contributed by atoms with van der Waals surface area (Å²) in [4.78, 5) is 4.69. The SMILES string of the molecule is NC(Cc1nc(-c2ccccc2)cs1)C1CSCCO1. The summed E-state index contributed by atoms with van der Waals surface area (Å²) >= 11 is 3.61. The predicted molar refractivity (Wildman–Crippen MR) is 86.3 cm³/mol. The zero-order valence-electron chi connectivity index (χ0n) is 11.2. The highest BCUT2D eigenvalue weighted by molar-refractivity contribution is 7.99. The third-order valence-corrected chi connectivity index (χ3v) is 5.24. The van der Waals surface area contributed by atoms with Gasteiger partial charge in [-0.05, 0) is 0 Å². The Morgan fingerprint density at radius 3 is 2.95 bits per heavy atom. The van der Waals surface area contributed by atoms with Crippen molar-refractivity contribution in [3.05, 3.63) is 40.7 Å². The highest BCUT2D eigenvalue weighted by Crippen LogP contribution is 2.23. The van der Waals surface area contributed by atoms with E-state index in [9.17, 15) is 0 Å². The van der Waals surface area contributed by atoms with E-state index < -0.39 is 0 Å². The Morgan fingerprint density at radius 2 is 2.20 bits per heavy atom. The molecule has 1 aliphatic rings. The van der Waals surface area contributed by atoms with Gasteiger partial charge in [-0.1, -0.05) is 30.3 Å². The zero-order valence-corrected chi connectivity index (χ0v) is 12.8. The molecule has 0 bridgehead atoms. The molecule has 1 fully saturated rings. The molecule has 5 heteroatoms. The number of ether oxygens (including phenoxy) is 1. The Bertz CT molecular complexity index is 538. The van der Waals surface area contributed by atoms with Crippen LogP contribution >= 0.6 is 23.1 Å². The van der Waals surface area contributed by atoms with Gasteiger partial charge in [-0.2, -0.15) is 11.8 Å². The Hall–Kier alpha value is -0.880. The lowest BCUT2D eigenvalue weighted by atomic mass is 10.1. The van der Waals surface area contributed by atoms with E-state index >= 15 is 0 Å². The van der Waals surface area contributed by atoms with Crippen LogP contribution in [0.25, 0.3) is 11.3 Å². The molecule has 1 aromatic carbocycles. The third-order valence-electron chi connectivity index (χ3n) is 3.35. The number of nitrogens with two attached hydrogens (primary N) is 1. The van der Waals surface area contributed by atoms with E-state index in [0.717, 1.165) is 40.8 Å². The third kappa shape index (κ3) is 3.41. The van der Waals surface area contributed by atoms with Gasteiger partial charge >= 0.3 is 0 Å². The summed E-state index contributed by atoms with van der Waals surface area (Å²) in [6, 6.07) is 10.3. The highest BCUT2D eigenvalue weighted by Gasteiger charge is 2.22. The van der Waals surface area contributed by atoms with Gasteiger partial charge in [-0.3, -0.25) is 0 Å². The average molecular weight is 306 g/mol. The van der Waals surface area contributed by atoms with Gasteiger partial charge in [0, 0.05) is 34.9 Å². The molecule has 3 nitrogen and oxygen atoms in total. The molecule has 0 spiro atoms. The molecule has 0 radical (unpaired) electrons. The maximum absolute atomic E-state index is 6.26. The molecule has 106 valence electrons. The molecule has 0 saturated carbocycles. The molecular weight excluding hydrogens is 288 g/mol. The number of benzene rings is 1. The van der Waals surface area contributed by atoms with E-state index in [1.807, 2.05) is 30.0 Å². The Morgan fingerprint density at radius 1 is 1.35 bits per heavy atom. The molecule has 2 unspecified atom stereocenters. The first-order valence-electron chi connectivity index (χ1n) is 6.77. The molecule has 1 aliphatic heterocycles. The number of rotatable bonds is 4. The van der Waals surface area contributed by atoms with Crippen LogP contribution in [0, 0.1) is 0 Å². The summed E-state index contributed by atoms with van der Waals surface area (Å²) in [6.07, 6.45) is 0.959. The van der Waals surface area contributed by atoms with E-state index in [2.05, 4.69) is 17.5 Å². The van der Waals surface area contributed by atoms with E-state index in [0.29, 0.717) is 0 Å². The fraction of sp³-hybridized carbons (Fsp3) is 0.400. The van der Waals surface area contributed by atoms with E-state index in [1.54, 1.807) is 11.3 Å². The Balaban J connectivity index is 1.65. The van der Waals surface area contributed by atoms with Crippen molar-refractivity contribution in [2.45, 2.75) is 18.6 Å². The van der Waals surface area contributed by atoms with Gasteiger partial charge in [0.1, 0.15) is 0 Å². The number of aromatic nitrogens is 1. The molecule has 0 amide bonds. The summed E-state index contributed by atoms with van der Waals surface area (Å²) in [5.41, 5.74) is 8.46. The van der Waals surface area contributed by atoms with Crippen LogP contribution < -0.4 is 5.73 Å². The summed E-state index contributed by atoms with van der Waals surface area (Å²) < 4.78 is 5.73. The normalized spacial score (nSPS) is 20.8. The molecule has 20 heavy (non-hydrogen) atoms. The second kappa shape index (κ2) is 6.72. The van der Waals surface area contributed by atoms with Gasteiger partial charge in [0.2, 0.25) is 0 Å². The summed E-state index contributed by atoms with van der Waals surface area (Å²) in [6.45, 7) is 0.816. The second-order valence-corrected chi connectivity index (χ2v) is 6.94. The van der Waals surface area contributed by atoms with Crippen molar-refractivity contribution in [3.8, 4) is 11.3 Å². The molecule has 2 atom stereocenters. The van der Waals surface area contributed by atoms with E-state index in [1.165, 1.54) is 0 Å². The topological polar surface area (TPSA) is 48.1 Å². The number of thioether (sulfide) groups is 1. The van der Waals surface area contributed by atoms with Crippen molar-refractivity contribution >= 4 is 23.1 Å². The van der Waals surface area contributed by atoms with Crippen LogP contribution in [-0.4, -0.2) is 35.2 Å². The fourth-order valence-electron chi connectivity index (χ4n) is 2.23. The van der Waals surface area contributed by atoms with Crippen LogP contribution in [-0.2, 0) is 11.2 Å². The van der Waals surface area contributed by atoms with Gasteiger partial charge in [0.15, 0.2) is 0 Å². The largest absolute Gasteiger partial charge is 0.375 e. The summed E-state index contributed by atoms with van der Waals surface area (Å²) in [7, 11) is 0. The van der Waals surface area contributed by atoms with Gasteiger partial charge in [-0.15, -0.1) is 11.3 Å². The number of nitrogens with zero attached hydrogens (tertiary/aromatic N) is 1. The first-order chi connectivity index (χ1) is 9.83. The van der Waals surface area contributed by atoms with Gasteiger partial charge in [0.05, 0.1) is 23.4 Å². The average Bonchev–Trinajstić information content (AvgIpc) is 2.97. The lowest BCUT2D eigenvalue weighted by Crippen LogP contribution is -2.42. The minimum absolute atomic E-state index is 0.0394. The van der Waals surface area contributed by atoms with Crippen molar-refractivity contribution in [2.75, 3.05) is 18.1 Å². The Labute approximate surface area is 127 Å². The van der Waals surface area contributed by atoms with Crippen LogP contribution in [0.4, 0.5) is 0 Å². The van der Waals surface area contributed by atoms with Gasteiger partial charge in [0.25, 0.3) is 0 Å². The molecular formula is C15H18N2OS2. The van der Waals surface area contributed by atoms with Gasteiger partial charge < -0.3 is 10.5 Å². The standard InChI is InChI=1S/C15H18N2OS2/c16-12(14-10-19-7-6-18-14)8-15-17-13(9-20-15)11-4-2-1-3-5-11/h1-5,9,12,14H,6-8,10,16H2. The van der Waals surface area contributed by atoms with Crippen molar-refractivity contribution in [1.29, 1.82) is 0 Å². The van der Waals surface area contributed by atoms with Crippen molar-refractivity contribution in [1.82, 2.24) is 4.98 Å². The first kappa shape index (κ1) is 14.1. The maximum Gasteiger partial charge on any atom is 0.0949 e. The fourth-order valence-corrected chi connectivity index (χ4v) is 4.07. The lowest BCUT2D eigenvalue weighted by molar-refractivity contribution is 0.0572. The first-order valence-corrected chi connectivity index (χ1v) is 8.81. The predicted octanol–water partition coefficient (Wildman–Crippen LogP) is 2.81. The van der Waals surface area contributed by atoms with Crippen molar-refractivity contribution in [2.24, 2.45) is 5.73 Å². The molecule has 1 saturated heterocycles. The van der Waals surface area contributed by atoms with Crippen LogP contribution in [0.15, 0.2) is 35.7 Å². The monoisotopic (exact) mass is 306 g/mol. The van der Waals surface area contributed by atoms with Gasteiger partial charge in [-0.25, -0.2) is 4.98 Å². The minimum atomic E-state index is 0.0394. The Kier molecular flexibility index (Phi) is 4.73. The zero-order chi connectivity index (χ0) is 13.8. The van der Waals surface area contributed by atoms with Crippen LogP contribution in [0.1, 0.15) is 5.01 Å². The highest BCUT2D eigenvalue weighted by atomic mass is 32.2. The molecule has 1 aromatic heterocycles. The molecule has 2 N–H and O–H groups in total. The lowest BCUT2D eigenvalue weighted by Gasteiger charge is -2.27. The van der Waals surface area contributed by atoms with Crippen molar-refractivity contribution < 1.29 is 4.74 Å². The number of thiazole rings is 1. The van der Waals surface area contributed by atoms with E-state index in [-0.39, 0.29) is 12.1 Å². The van der Waals surface area contributed by atoms with Crippen LogP contribution in [0.5, 0.6) is 0 Å². The molecule has 0 aliphatic carbocycles. The molecule has 2 heterocycles. The van der Waals surface area contributed by atoms with Crippen LogP contribution in [0.2, 0.25) is 0 Å². The minimum Gasteiger partial charge on any atom is -0.375 e. The number of hydrogen-bond donors (Lipinski definition) is 1. The quantitative estimate of drug-likeness (QED) is 0.943. The smallest absolute Gasteiger partial charge is 0.0949 e.